The van der Waals surface area contributed by atoms with Crippen LogP contribution < -0.4 is 5.32 Å². The molecule has 0 aromatic heterocycles. The standard InChI is InChI=1S/C14H17FN2O2/c15-12-7-10(1-4-13(12)17(18)19)8-16-9-14(5-6-14)11-2-3-11/h1,4,7,11,16H,2-3,5-6,8-9H2. The Bertz CT molecular complexity index is 510. The Labute approximate surface area is 111 Å². The van der Waals surface area contributed by atoms with Gasteiger partial charge in [0.25, 0.3) is 0 Å². The van der Waals surface area contributed by atoms with Gasteiger partial charge in [0.2, 0.25) is 5.82 Å². The van der Waals surface area contributed by atoms with E-state index in [4.69, 9.17) is 0 Å². The van der Waals surface area contributed by atoms with Gasteiger partial charge in [0, 0.05) is 19.2 Å². The lowest BCUT2D eigenvalue weighted by Gasteiger charge is -2.14. The summed E-state index contributed by atoms with van der Waals surface area (Å²) < 4.78 is 13.4. The number of nitro groups is 1. The lowest BCUT2D eigenvalue weighted by molar-refractivity contribution is -0.387. The lowest BCUT2D eigenvalue weighted by atomic mass is 10.0. The molecule has 0 radical (unpaired) electrons. The fraction of sp³-hybridized carbons (Fsp3) is 0.571. The average molecular weight is 264 g/mol. The van der Waals surface area contributed by atoms with Crippen molar-refractivity contribution in [2.45, 2.75) is 32.2 Å². The van der Waals surface area contributed by atoms with Crippen molar-refractivity contribution >= 4 is 5.69 Å². The SMILES string of the molecule is O=[N+]([O-])c1ccc(CNCC2(C3CC3)CC2)cc1F. The molecule has 2 aliphatic rings. The first kappa shape index (κ1) is 12.5. The zero-order chi connectivity index (χ0) is 13.5. The third-order valence-electron chi connectivity index (χ3n) is 4.35. The van der Waals surface area contributed by atoms with E-state index in [0.717, 1.165) is 18.0 Å². The summed E-state index contributed by atoms with van der Waals surface area (Å²) in [5.41, 5.74) is 0.814. The first-order valence-corrected chi connectivity index (χ1v) is 6.74. The molecule has 0 heterocycles. The van der Waals surface area contributed by atoms with Crippen molar-refractivity contribution < 1.29 is 9.31 Å². The zero-order valence-corrected chi connectivity index (χ0v) is 10.7. The quantitative estimate of drug-likeness (QED) is 0.634. The molecule has 2 saturated carbocycles. The normalized spacial score (nSPS) is 20.3. The van der Waals surface area contributed by atoms with Gasteiger partial charge in [-0.05, 0) is 48.6 Å². The van der Waals surface area contributed by atoms with E-state index >= 15 is 0 Å². The van der Waals surface area contributed by atoms with Crippen LogP contribution in [0.5, 0.6) is 0 Å². The van der Waals surface area contributed by atoms with E-state index < -0.39 is 16.4 Å². The van der Waals surface area contributed by atoms with Crippen LogP contribution in [0.3, 0.4) is 0 Å². The monoisotopic (exact) mass is 264 g/mol. The highest BCUT2D eigenvalue weighted by Gasteiger charge is 2.53. The van der Waals surface area contributed by atoms with E-state index in [1.165, 1.54) is 37.8 Å². The van der Waals surface area contributed by atoms with Gasteiger partial charge in [-0.15, -0.1) is 0 Å². The maximum atomic E-state index is 13.4. The van der Waals surface area contributed by atoms with Gasteiger partial charge in [-0.1, -0.05) is 6.07 Å². The van der Waals surface area contributed by atoms with Crippen molar-refractivity contribution in [2.24, 2.45) is 11.3 Å². The van der Waals surface area contributed by atoms with Crippen LogP contribution in [0.1, 0.15) is 31.2 Å². The molecule has 2 aliphatic carbocycles. The molecule has 19 heavy (non-hydrogen) atoms. The second kappa shape index (κ2) is 4.56. The van der Waals surface area contributed by atoms with E-state index in [1.54, 1.807) is 6.07 Å². The summed E-state index contributed by atoms with van der Waals surface area (Å²) in [6.07, 6.45) is 5.32. The van der Waals surface area contributed by atoms with Crippen LogP contribution in [0, 0.1) is 27.3 Å². The fourth-order valence-corrected chi connectivity index (χ4v) is 2.85. The molecule has 5 heteroatoms. The van der Waals surface area contributed by atoms with Crippen molar-refractivity contribution in [3.05, 3.63) is 39.7 Å². The maximum absolute atomic E-state index is 13.4. The number of rotatable bonds is 6. The van der Waals surface area contributed by atoms with Crippen molar-refractivity contribution in [3.63, 3.8) is 0 Å². The minimum absolute atomic E-state index is 0.458. The van der Waals surface area contributed by atoms with Crippen LogP contribution in [0.25, 0.3) is 0 Å². The summed E-state index contributed by atoms with van der Waals surface area (Å²) in [6, 6.07) is 4.10. The highest BCUT2D eigenvalue weighted by atomic mass is 19.1. The Morgan fingerprint density at radius 2 is 2.16 bits per heavy atom. The third kappa shape index (κ3) is 2.61. The van der Waals surface area contributed by atoms with Gasteiger partial charge in [0.1, 0.15) is 0 Å². The Kier molecular flexibility index (Phi) is 3.01. The maximum Gasteiger partial charge on any atom is 0.304 e. The van der Waals surface area contributed by atoms with Gasteiger partial charge >= 0.3 is 5.69 Å². The van der Waals surface area contributed by atoms with Gasteiger partial charge in [0.15, 0.2) is 0 Å². The minimum atomic E-state index is -0.757. The number of halogens is 1. The van der Waals surface area contributed by atoms with E-state index in [1.807, 2.05) is 0 Å². The van der Waals surface area contributed by atoms with E-state index in [9.17, 15) is 14.5 Å². The summed E-state index contributed by atoms with van der Waals surface area (Å²) in [5, 5.41) is 13.9. The van der Waals surface area contributed by atoms with Crippen molar-refractivity contribution in [1.82, 2.24) is 5.32 Å². The summed E-state index contributed by atoms with van der Waals surface area (Å²) in [7, 11) is 0. The lowest BCUT2D eigenvalue weighted by Crippen LogP contribution is -2.25. The smallest absolute Gasteiger partial charge is 0.304 e. The second-order valence-electron chi connectivity index (χ2n) is 5.78. The Morgan fingerprint density at radius 3 is 2.68 bits per heavy atom. The van der Waals surface area contributed by atoms with Crippen molar-refractivity contribution in [1.29, 1.82) is 0 Å². The minimum Gasteiger partial charge on any atom is -0.312 e. The summed E-state index contributed by atoms with van der Waals surface area (Å²) in [5.74, 6) is 0.140. The predicted octanol–water partition coefficient (Wildman–Crippen LogP) is 3.01. The van der Waals surface area contributed by atoms with Gasteiger partial charge in [-0.3, -0.25) is 10.1 Å². The van der Waals surface area contributed by atoms with Crippen molar-refractivity contribution in [2.75, 3.05) is 6.54 Å². The number of nitro benzene ring substituents is 1. The van der Waals surface area contributed by atoms with E-state index in [0.29, 0.717) is 12.0 Å². The fourth-order valence-electron chi connectivity index (χ4n) is 2.85. The Balaban J connectivity index is 1.55. The molecule has 0 aliphatic heterocycles. The molecule has 0 atom stereocenters. The summed E-state index contributed by atoms with van der Waals surface area (Å²) in [6.45, 7) is 1.56. The molecular weight excluding hydrogens is 247 g/mol. The van der Waals surface area contributed by atoms with Crippen molar-refractivity contribution in [3.8, 4) is 0 Å². The number of nitrogens with one attached hydrogen (secondary N) is 1. The number of nitrogens with zero attached hydrogens (tertiary/aromatic N) is 1. The Morgan fingerprint density at radius 1 is 1.42 bits per heavy atom. The second-order valence-corrected chi connectivity index (χ2v) is 5.78. The molecule has 2 fully saturated rings. The van der Waals surface area contributed by atoms with Gasteiger partial charge < -0.3 is 5.32 Å². The average Bonchev–Trinajstić information content (AvgIpc) is 3.23. The number of benzene rings is 1. The summed E-state index contributed by atoms with van der Waals surface area (Å²) >= 11 is 0. The van der Waals surface area contributed by atoms with Gasteiger partial charge in [-0.25, -0.2) is 0 Å². The predicted molar refractivity (Wildman–Crippen MR) is 69.2 cm³/mol. The van der Waals surface area contributed by atoms with E-state index in [-0.39, 0.29) is 0 Å². The number of hydrogen-bond donors (Lipinski definition) is 1. The third-order valence-corrected chi connectivity index (χ3v) is 4.35. The molecule has 1 aromatic carbocycles. The highest BCUT2D eigenvalue weighted by molar-refractivity contribution is 5.34. The van der Waals surface area contributed by atoms with Crippen LogP contribution in [-0.4, -0.2) is 11.5 Å². The van der Waals surface area contributed by atoms with Crippen LogP contribution in [0.2, 0.25) is 0 Å². The summed E-state index contributed by atoms with van der Waals surface area (Å²) in [4.78, 5) is 9.82. The first-order chi connectivity index (χ1) is 9.11. The molecule has 3 rings (SSSR count). The van der Waals surface area contributed by atoms with Gasteiger partial charge in [0.05, 0.1) is 4.92 Å². The molecule has 1 N–H and O–H groups in total. The molecule has 0 spiro atoms. The molecular formula is C14H17FN2O2. The molecule has 0 saturated heterocycles. The highest BCUT2D eigenvalue weighted by Crippen LogP contribution is 2.60. The van der Waals surface area contributed by atoms with Crippen LogP contribution in [0.15, 0.2) is 18.2 Å². The first-order valence-electron chi connectivity index (χ1n) is 6.74. The molecule has 0 amide bonds. The van der Waals surface area contributed by atoms with Crippen LogP contribution in [0.4, 0.5) is 10.1 Å². The zero-order valence-electron chi connectivity index (χ0n) is 10.7. The number of hydrogen-bond acceptors (Lipinski definition) is 3. The van der Waals surface area contributed by atoms with E-state index in [2.05, 4.69) is 5.32 Å². The molecule has 102 valence electrons. The van der Waals surface area contributed by atoms with Gasteiger partial charge in [-0.2, -0.15) is 4.39 Å². The Hall–Kier alpha value is -1.49. The molecule has 4 nitrogen and oxygen atoms in total. The molecule has 0 bridgehead atoms. The largest absolute Gasteiger partial charge is 0.312 e. The van der Waals surface area contributed by atoms with Crippen LogP contribution in [-0.2, 0) is 6.54 Å². The molecule has 1 aromatic rings. The van der Waals surface area contributed by atoms with Crippen LogP contribution >= 0.6 is 0 Å². The molecule has 0 unspecified atom stereocenters. The topological polar surface area (TPSA) is 55.2 Å².